The molecule has 0 bridgehead atoms. The Hall–Kier alpha value is -1.84. The quantitative estimate of drug-likeness (QED) is 0.473. The van der Waals surface area contributed by atoms with E-state index < -0.39 is 51.5 Å². The Balaban J connectivity index is 1.72. The minimum atomic E-state index is -4.90. The number of benzene rings is 1. The Labute approximate surface area is 175 Å². The fourth-order valence-corrected chi connectivity index (χ4v) is 5.22. The number of carbonyl (C=O) groups is 1. The van der Waals surface area contributed by atoms with Crippen molar-refractivity contribution in [2.75, 3.05) is 0 Å². The van der Waals surface area contributed by atoms with Crippen molar-refractivity contribution in [3.8, 4) is 0 Å². The summed E-state index contributed by atoms with van der Waals surface area (Å²) in [6, 6.07) is 1.65. The van der Waals surface area contributed by atoms with Crippen LogP contribution in [0.1, 0.15) is 28.0 Å². The van der Waals surface area contributed by atoms with Gasteiger partial charge in [-0.25, -0.2) is 4.39 Å². The molecular formula is C18H11Cl2F4NO3S. The van der Waals surface area contributed by atoms with Gasteiger partial charge >= 0.3 is 12.1 Å². The maximum absolute atomic E-state index is 14.1. The van der Waals surface area contributed by atoms with Crippen LogP contribution < -0.4 is 0 Å². The van der Waals surface area contributed by atoms with Gasteiger partial charge in [0, 0.05) is 5.56 Å². The van der Waals surface area contributed by atoms with Crippen molar-refractivity contribution in [2.24, 2.45) is 11.1 Å². The number of oxime groups is 1. The Morgan fingerprint density at radius 3 is 2.52 bits per heavy atom. The zero-order valence-corrected chi connectivity index (χ0v) is 16.6. The smallest absolute Gasteiger partial charge is 0.435 e. The molecule has 1 aromatic carbocycles. The first-order chi connectivity index (χ1) is 13.5. The average molecular weight is 468 g/mol. The number of fused-ring (bicyclic) bond motifs is 1. The van der Waals surface area contributed by atoms with Crippen molar-refractivity contribution >= 4 is 46.2 Å². The highest BCUT2D eigenvalue weighted by atomic mass is 35.5. The number of halogens is 6. The first kappa shape index (κ1) is 20.4. The van der Waals surface area contributed by atoms with E-state index in [-0.39, 0.29) is 12.1 Å². The van der Waals surface area contributed by atoms with Gasteiger partial charge in [0.15, 0.2) is 5.82 Å². The summed E-state index contributed by atoms with van der Waals surface area (Å²) in [4.78, 5) is 16.6. The molecule has 2 unspecified atom stereocenters. The molecule has 4 rings (SSSR count). The number of hydrogen-bond acceptors (Lipinski definition) is 4. The third-order valence-electron chi connectivity index (χ3n) is 5.15. The molecule has 2 heterocycles. The minimum Gasteiger partial charge on any atom is -0.481 e. The van der Waals surface area contributed by atoms with Gasteiger partial charge < -0.3 is 9.94 Å². The second kappa shape index (κ2) is 6.85. The van der Waals surface area contributed by atoms with E-state index in [0.29, 0.717) is 16.9 Å². The van der Waals surface area contributed by atoms with E-state index in [1.165, 1.54) is 11.3 Å². The first-order valence-corrected chi connectivity index (χ1v) is 9.96. The van der Waals surface area contributed by atoms with Gasteiger partial charge in [-0.2, -0.15) is 13.2 Å². The summed E-state index contributed by atoms with van der Waals surface area (Å²) in [5.74, 6) is -2.59. The van der Waals surface area contributed by atoms with Crippen LogP contribution in [0.3, 0.4) is 0 Å². The predicted molar refractivity (Wildman–Crippen MR) is 99.2 cm³/mol. The molecule has 2 aliphatic rings. The summed E-state index contributed by atoms with van der Waals surface area (Å²) in [6.45, 7) is 0. The minimum absolute atomic E-state index is 0.0520. The zero-order valence-electron chi connectivity index (χ0n) is 14.3. The van der Waals surface area contributed by atoms with E-state index >= 15 is 0 Å². The lowest BCUT2D eigenvalue weighted by atomic mass is 9.87. The van der Waals surface area contributed by atoms with E-state index in [1.54, 1.807) is 5.38 Å². The SMILES string of the molecule is O=C(O)C1Cc2csc(C3=NOC(c4cc(Cl)c(F)c(Cl)c4)(C(F)(F)F)C3)c2C1. The van der Waals surface area contributed by atoms with Crippen molar-refractivity contribution < 1.29 is 32.3 Å². The third kappa shape index (κ3) is 3.19. The van der Waals surface area contributed by atoms with Gasteiger partial charge in [0.25, 0.3) is 5.60 Å². The van der Waals surface area contributed by atoms with Gasteiger partial charge in [-0.3, -0.25) is 4.79 Å². The van der Waals surface area contributed by atoms with Crippen LogP contribution in [0, 0.1) is 11.7 Å². The number of alkyl halides is 3. The molecule has 0 saturated heterocycles. The fourth-order valence-electron chi connectivity index (χ4n) is 3.63. The van der Waals surface area contributed by atoms with Crippen LogP contribution in [-0.4, -0.2) is 23.0 Å². The molecule has 2 atom stereocenters. The van der Waals surface area contributed by atoms with Crippen molar-refractivity contribution in [1.29, 1.82) is 0 Å². The molecule has 154 valence electrons. The summed E-state index contributed by atoms with van der Waals surface area (Å²) in [6.07, 6.45) is -5.02. The number of rotatable bonds is 3. The molecular weight excluding hydrogens is 457 g/mol. The van der Waals surface area contributed by atoms with Crippen molar-refractivity contribution in [3.05, 3.63) is 54.9 Å². The third-order valence-corrected chi connectivity index (χ3v) is 6.82. The maximum Gasteiger partial charge on any atom is 0.435 e. The van der Waals surface area contributed by atoms with Crippen molar-refractivity contribution in [1.82, 2.24) is 0 Å². The lowest BCUT2D eigenvalue weighted by Crippen LogP contribution is -2.42. The average Bonchev–Trinajstić information content (AvgIpc) is 3.32. The second-order valence-electron chi connectivity index (χ2n) is 6.90. The first-order valence-electron chi connectivity index (χ1n) is 8.32. The Morgan fingerprint density at radius 1 is 1.28 bits per heavy atom. The number of carboxylic acids is 1. The zero-order chi connectivity index (χ0) is 21.1. The van der Waals surface area contributed by atoms with E-state index in [0.717, 1.165) is 17.7 Å². The van der Waals surface area contributed by atoms with Gasteiger partial charge in [-0.15, -0.1) is 11.3 Å². The predicted octanol–water partition coefficient (Wildman–Crippen LogP) is 5.58. The van der Waals surface area contributed by atoms with Gasteiger partial charge in [0.2, 0.25) is 0 Å². The molecule has 29 heavy (non-hydrogen) atoms. The molecule has 0 spiro atoms. The van der Waals surface area contributed by atoms with Crippen molar-refractivity contribution in [2.45, 2.75) is 31.0 Å². The molecule has 0 saturated carbocycles. The topological polar surface area (TPSA) is 58.9 Å². The molecule has 1 aliphatic carbocycles. The lowest BCUT2D eigenvalue weighted by molar-refractivity contribution is -0.275. The van der Waals surface area contributed by atoms with E-state index in [2.05, 4.69) is 5.16 Å². The lowest BCUT2D eigenvalue weighted by Gasteiger charge is -2.29. The molecule has 1 N–H and O–H groups in total. The number of nitrogens with zero attached hydrogens (tertiary/aromatic N) is 1. The van der Waals surface area contributed by atoms with Crippen LogP contribution in [0.15, 0.2) is 22.7 Å². The highest BCUT2D eigenvalue weighted by Crippen LogP contribution is 2.51. The monoisotopic (exact) mass is 467 g/mol. The maximum atomic E-state index is 14.1. The van der Waals surface area contributed by atoms with E-state index in [9.17, 15) is 27.5 Å². The Morgan fingerprint density at radius 2 is 1.93 bits per heavy atom. The summed E-state index contributed by atoms with van der Waals surface area (Å²) < 4.78 is 55.9. The summed E-state index contributed by atoms with van der Waals surface area (Å²) >= 11 is 12.6. The molecule has 11 heteroatoms. The van der Waals surface area contributed by atoms with Gasteiger partial charge in [0.05, 0.1) is 27.3 Å². The normalized spacial score (nSPS) is 23.7. The fraction of sp³-hybridized carbons (Fsp3) is 0.333. The molecule has 1 aromatic heterocycles. The van der Waals surface area contributed by atoms with Crippen LogP contribution in [0.5, 0.6) is 0 Å². The number of hydrogen-bond donors (Lipinski definition) is 1. The van der Waals surface area contributed by atoms with Crippen LogP contribution in [0.2, 0.25) is 10.0 Å². The number of thiophene rings is 1. The Bertz CT molecular complexity index is 1030. The molecule has 0 fully saturated rings. The van der Waals surface area contributed by atoms with Crippen LogP contribution >= 0.6 is 34.5 Å². The van der Waals surface area contributed by atoms with Gasteiger partial charge in [0.1, 0.15) is 5.71 Å². The van der Waals surface area contributed by atoms with Crippen LogP contribution in [0.4, 0.5) is 17.6 Å². The van der Waals surface area contributed by atoms with E-state index in [1.807, 2.05) is 0 Å². The van der Waals surface area contributed by atoms with Crippen LogP contribution in [0.25, 0.3) is 0 Å². The number of aliphatic carboxylic acids is 1. The molecule has 4 nitrogen and oxygen atoms in total. The summed E-state index contributed by atoms with van der Waals surface area (Å²) in [5, 5.41) is 13.5. The molecule has 2 aromatic rings. The van der Waals surface area contributed by atoms with Crippen LogP contribution in [-0.2, 0) is 28.1 Å². The largest absolute Gasteiger partial charge is 0.481 e. The highest BCUT2D eigenvalue weighted by Gasteiger charge is 2.63. The molecule has 1 aliphatic heterocycles. The summed E-state index contributed by atoms with van der Waals surface area (Å²) in [5.41, 5.74) is -1.81. The van der Waals surface area contributed by atoms with Crippen molar-refractivity contribution in [3.63, 3.8) is 0 Å². The van der Waals surface area contributed by atoms with Gasteiger partial charge in [-0.05, 0) is 41.5 Å². The number of carboxylic acid groups (broad SMARTS) is 1. The summed E-state index contributed by atoms with van der Waals surface area (Å²) in [7, 11) is 0. The molecule has 0 radical (unpaired) electrons. The van der Waals surface area contributed by atoms with Gasteiger partial charge in [-0.1, -0.05) is 28.4 Å². The Kier molecular flexibility index (Phi) is 4.83. The second-order valence-corrected chi connectivity index (χ2v) is 8.59. The molecule has 0 amide bonds. The van der Waals surface area contributed by atoms with E-state index in [4.69, 9.17) is 28.0 Å². The highest BCUT2D eigenvalue weighted by molar-refractivity contribution is 7.12. The standard InChI is InChI=1S/C18H11Cl2F4NO3S/c19-11-3-9(4-12(20)14(11)21)17(18(22,23)24)5-13(25-28-17)15-10-2-7(16(26)27)1-8(10)6-29-15/h3-4,6-7H,1-2,5H2,(H,26,27).